The molecule has 1 unspecified atom stereocenters. The second-order valence-corrected chi connectivity index (χ2v) is 5.43. The van der Waals surface area contributed by atoms with Crippen LogP contribution >= 0.6 is 0 Å². The van der Waals surface area contributed by atoms with Crippen LogP contribution in [-0.4, -0.2) is 53.6 Å². The van der Waals surface area contributed by atoms with Crippen LogP contribution in [0, 0.1) is 11.3 Å². The third-order valence-electron chi connectivity index (χ3n) is 4.09. The zero-order valence-corrected chi connectivity index (χ0v) is 12.3. The van der Waals surface area contributed by atoms with E-state index in [0.717, 1.165) is 31.7 Å². The van der Waals surface area contributed by atoms with Gasteiger partial charge < -0.3 is 10.0 Å². The molecule has 1 atom stereocenters. The molecule has 2 rings (SSSR count). The number of carbonyl (C=O) groups is 1. The Hall–Kier alpha value is -1.90. The first-order chi connectivity index (χ1) is 10.1. The predicted octanol–water partition coefficient (Wildman–Crippen LogP) is 1.71. The van der Waals surface area contributed by atoms with Crippen molar-refractivity contribution in [3.05, 3.63) is 35.4 Å². The molecule has 1 fully saturated rings. The molecule has 21 heavy (non-hydrogen) atoms. The summed E-state index contributed by atoms with van der Waals surface area (Å²) in [6.07, 6.45) is 0.208. The molecule has 1 saturated heterocycles. The van der Waals surface area contributed by atoms with E-state index in [1.165, 1.54) is 0 Å². The number of hydrogen-bond donors (Lipinski definition) is 1. The van der Waals surface area contributed by atoms with Gasteiger partial charge in [-0.05, 0) is 24.6 Å². The summed E-state index contributed by atoms with van der Waals surface area (Å²) >= 11 is 0. The first-order valence-corrected chi connectivity index (χ1v) is 7.28. The molecule has 1 heterocycles. The molecule has 1 aliphatic rings. The highest BCUT2D eigenvalue weighted by Gasteiger charge is 2.22. The van der Waals surface area contributed by atoms with Crippen LogP contribution in [0.15, 0.2) is 24.3 Å². The molecule has 0 radical (unpaired) electrons. The molecule has 0 spiro atoms. The Morgan fingerprint density at radius 1 is 1.38 bits per heavy atom. The van der Waals surface area contributed by atoms with Gasteiger partial charge in [-0.25, -0.2) is 0 Å². The smallest absolute Gasteiger partial charge is 0.304 e. The summed E-state index contributed by atoms with van der Waals surface area (Å²) in [5.74, 6) is -0.737. The molecular formula is C16H21N3O2. The zero-order valence-electron chi connectivity index (χ0n) is 12.3. The van der Waals surface area contributed by atoms with Gasteiger partial charge >= 0.3 is 5.97 Å². The number of carboxylic acid groups (broad SMARTS) is 1. The van der Waals surface area contributed by atoms with Crippen molar-refractivity contribution in [3.8, 4) is 6.07 Å². The maximum atomic E-state index is 10.6. The Kier molecular flexibility index (Phi) is 5.32. The molecule has 1 aromatic rings. The lowest BCUT2D eigenvalue weighted by atomic mass is 10.0. The van der Waals surface area contributed by atoms with Crippen molar-refractivity contribution in [2.24, 2.45) is 0 Å². The van der Waals surface area contributed by atoms with Gasteiger partial charge in [0.25, 0.3) is 0 Å². The van der Waals surface area contributed by atoms with Crippen molar-refractivity contribution < 1.29 is 9.90 Å². The molecule has 0 amide bonds. The predicted molar refractivity (Wildman–Crippen MR) is 79.8 cm³/mol. The molecule has 0 aliphatic carbocycles. The fourth-order valence-corrected chi connectivity index (χ4v) is 2.71. The Balaban J connectivity index is 1.89. The summed E-state index contributed by atoms with van der Waals surface area (Å²) in [6, 6.07) is 10.2. The van der Waals surface area contributed by atoms with E-state index in [9.17, 15) is 4.79 Å². The van der Waals surface area contributed by atoms with Gasteiger partial charge in [-0.3, -0.25) is 9.69 Å². The molecule has 0 bridgehead atoms. The number of benzene rings is 1. The van der Waals surface area contributed by atoms with Crippen LogP contribution in [0.4, 0.5) is 0 Å². The van der Waals surface area contributed by atoms with E-state index in [0.29, 0.717) is 12.1 Å². The SMILES string of the molecule is CC(c1cccc(C#N)c1)N1CCN(CCC(=O)O)CC1. The van der Waals surface area contributed by atoms with Crippen molar-refractivity contribution in [1.29, 1.82) is 5.26 Å². The standard InChI is InChI=1S/C16H21N3O2/c1-13(15-4-2-3-14(11-15)12-17)19-9-7-18(8-10-19)6-5-16(20)21/h2-4,11,13H,5-10H2,1H3,(H,20,21). The highest BCUT2D eigenvalue weighted by molar-refractivity contribution is 5.66. The van der Waals surface area contributed by atoms with Crippen molar-refractivity contribution >= 4 is 5.97 Å². The fraction of sp³-hybridized carbons (Fsp3) is 0.500. The van der Waals surface area contributed by atoms with Crippen LogP contribution in [0.5, 0.6) is 0 Å². The highest BCUT2D eigenvalue weighted by atomic mass is 16.4. The number of nitrogens with zero attached hydrogens (tertiary/aromatic N) is 3. The fourth-order valence-electron chi connectivity index (χ4n) is 2.71. The van der Waals surface area contributed by atoms with Gasteiger partial charge in [0.1, 0.15) is 0 Å². The van der Waals surface area contributed by atoms with Gasteiger partial charge in [0.15, 0.2) is 0 Å². The Morgan fingerprint density at radius 2 is 2.10 bits per heavy atom. The molecule has 5 nitrogen and oxygen atoms in total. The van der Waals surface area contributed by atoms with Crippen LogP contribution in [0.1, 0.15) is 30.5 Å². The van der Waals surface area contributed by atoms with Gasteiger partial charge in [0.2, 0.25) is 0 Å². The summed E-state index contributed by atoms with van der Waals surface area (Å²) in [7, 11) is 0. The molecule has 1 N–H and O–H groups in total. The second-order valence-electron chi connectivity index (χ2n) is 5.43. The minimum atomic E-state index is -0.737. The molecule has 5 heteroatoms. The first kappa shape index (κ1) is 15.5. The van der Waals surface area contributed by atoms with Crippen LogP contribution in [0.25, 0.3) is 0 Å². The maximum absolute atomic E-state index is 10.6. The quantitative estimate of drug-likeness (QED) is 0.893. The van der Waals surface area contributed by atoms with E-state index in [4.69, 9.17) is 10.4 Å². The van der Waals surface area contributed by atoms with Crippen LogP contribution in [0.2, 0.25) is 0 Å². The van der Waals surface area contributed by atoms with E-state index in [-0.39, 0.29) is 12.5 Å². The van der Waals surface area contributed by atoms with Gasteiger partial charge in [0.05, 0.1) is 18.1 Å². The van der Waals surface area contributed by atoms with Crippen LogP contribution in [0.3, 0.4) is 0 Å². The highest BCUT2D eigenvalue weighted by Crippen LogP contribution is 2.22. The number of hydrogen-bond acceptors (Lipinski definition) is 4. The minimum Gasteiger partial charge on any atom is -0.481 e. The van der Waals surface area contributed by atoms with E-state index in [2.05, 4.69) is 28.9 Å². The van der Waals surface area contributed by atoms with Gasteiger partial charge in [-0.15, -0.1) is 0 Å². The number of piperazine rings is 1. The zero-order chi connectivity index (χ0) is 15.2. The van der Waals surface area contributed by atoms with Gasteiger partial charge in [0, 0.05) is 38.8 Å². The number of carboxylic acids is 1. The number of aliphatic carboxylic acids is 1. The van der Waals surface area contributed by atoms with E-state index in [1.807, 2.05) is 18.2 Å². The minimum absolute atomic E-state index is 0.208. The third-order valence-corrected chi connectivity index (χ3v) is 4.09. The normalized spacial score (nSPS) is 18.1. The van der Waals surface area contributed by atoms with Crippen LogP contribution in [-0.2, 0) is 4.79 Å². The van der Waals surface area contributed by atoms with E-state index >= 15 is 0 Å². The molecule has 1 aliphatic heterocycles. The van der Waals surface area contributed by atoms with Gasteiger partial charge in [-0.1, -0.05) is 12.1 Å². The molecular weight excluding hydrogens is 266 g/mol. The Bertz CT molecular complexity index is 531. The average molecular weight is 287 g/mol. The summed E-state index contributed by atoms with van der Waals surface area (Å²) in [4.78, 5) is 15.2. The molecule has 112 valence electrons. The largest absolute Gasteiger partial charge is 0.481 e. The topological polar surface area (TPSA) is 67.6 Å². The maximum Gasteiger partial charge on any atom is 0.304 e. The lowest BCUT2D eigenvalue weighted by Crippen LogP contribution is -2.47. The first-order valence-electron chi connectivity index (χ1n) is 7.28. The molecule has 0 saturated carbocycles. The average Bonchev–Trinajstić information content (AvgIpc) is 2.52. The van der Waals surface area contributed by atoms with E-state index in [1.54, 1.807) is 0 Å². The third kappa shape index (κ3) is 4.28. The second kappa shape index (κ2) is 7.21. The molecule has 1 aromatic carbocycles. The van der Waals surface area contributed by atoms with Gasteiger partial charge in [-0.2, -0.15) is 5.26 Å². The van der Waals surface area contributed by atoms with Crippen molar-refractivity contribution in [1.82, 2.24) is 9.80 Å². The summed E-state index contributed by atoms with van der Waals surface area (Å²) < 4.78 is 0. The van der Waals surface area contributed by atoms with Crippen molar-refractivity contribution in [2.75, 3.05) is 32.7 Å². The molecule has 0 aromatic heterocycles. The van der Waals surface area contributed by atoms with Crippen molar-refractivity contribution in [2.45, 2.75) is 19.4 Å². The summed E-state index contributed by atoms with van der Waals surface area (Å²) in [6.45, 7) is 6.44. The van der Waals surface area contributed by atoms with Crippen LogP contribution < -0.4 is 0 Å². The monoisotopic (exact) mass is 287 g/mol. The summed E-state index contributed by atoms with van der Waals surface area (Å²) in [5.41, 5.74) is 1.85. The number of rotatable bonds is 5. The Morgan fingerprint density at radius 3 is 2.71 bits per heavy atom. The Labute approximate surface area is 125 Å². The lowest BCUT2D eigenvalue weighted by molar-refractivity contribution is -0.137. The number of nitriles is 1. The van der Waals surface area contributed by atoms with E-state index < -0.39 is 5.97 Å². The lowest BCUT2D eigenvalue weighted by Gasteiger charge is -2.38. The van der Waals surface area contributed by atoms with Crippen molar-refractivity contribution in [3.63, 3.8) is 0 Å². The summed E-state index contributed by atoms with van der Waals surface area (Å²) in [5, 5.41) is 17.7.